The molecule has 3 heteroatoms. The molecule has 1 aromatic rings. The van der Waals surface area contributed by atoms with E-state index in [9.17, 15) is 4.79 Å². The van der Waals surface area contributed by atoms with Gasteiger partial charge in [-0.2, -0.15) is 0 Å². The third kappa shape index (κ3) is 3.80. The van der Waals surface area contributed by atoms with Gasteiger partial charge in [0.15, 0.2) is 0 Å². The third-order valence-corrected chi connectivity index (χ3v) is 4.16. The van der Waals surface area contributed by atoms with Crippen molar-refractivity contribution in [1.29, 1.82) is 0 Å². The van der Waals surface area contributed by atoms with Crippen LogP contribution in [-0.4, -0.2) is 17.1 Å². The fourth-order valence-corrected chi connectivity index (χ4v) is 2.79. The molecule has 0 radical (unpaired) electrons. The van der Waals surface area contributed by atoms with Gasteiger partial charge in [0.1, 0.15) is 0 Å². The number of hydrogen-bond donors (Lipinski definition) is 2. The largest absolute Gasteiger partial charge is 0.481 e. The Morgan fingerprint density at radius 3 is 2.58 bits per heavy atom. The summed E-state index contributed by atoms with van der Waals surface area (Å²) in [6, 6.07) is 6.99. The van der Waals surface area contributed by atoms with Gasteiger partial charge in [0.25, 0.3) is 0 Å². The summed E-state index contributed by atoms with van der Waals surface area (Å²) in [5.41, 5.74) is 3.95. The molecule has 0 bridgehead atoms. The standard InChI is InChI=1S/C16H23NO2/c1-11-3-4-12(2)14(9-11)10-17-15-7-5-13(6-8-15)16(18)19/h3-4,9,13,15,17H,5-8,10H2,1-2H3,(H,18,19). The van der Waals surface area contributed by atoms with E-state index in [1.807, 2.05) is 0 Å². The molecule has 104 valence electrons. The first kappa shape index (κ1) is 14.1. The quantitative estimate of drug-likeness (QED) is 0.876. The van der Waals surface area contributed by atoms with Crippen LogP contribution in [0.15, 0.2) is 18.2 Å². The van der Waals surface area contributed by atoms with E-state index in [4.69, 9.17) is 5.11 Å². The molecule has 2 N–H and O–H groups in total. The minimum atomic E-state index is -0.632. The maximum Gasteiger partial charge on any atom is 0.306 e. The van der Waals surface area contributed by atoms with Crippen LogP contribution in [0.3, 0.4) is 0 Å². The second-order valence-corrected chi connectivity index (χ2v) is 5.70. The maximum atomic E-state index is 10.9. The molecule has 0 aliphatic heterocycles. The normalized spacial score (nSPS) is 23.3. The van der Waals surface area contributed by atoms with E-state index in [0.717, 1.165) is 32.2 Å². The summed E-state index contributed by atoms with van der Waals surface area (Å²) in [6.07, 6.45) is 3.56. The van der Waals surface area contributed by atoms with E-state index in [1.165, 1.54) is 16.7 Å². The van der Waals surface area contributed by atoms with Crippen molar-refractivity contribution in [2.75, 3.05) is 0 Å². The second-order valence-electron chi connectivity index (χ2n) is 5.70. The average Bonchev–Trinajstić information content (AvgIpc) is 2.40. The Morgan fingerprint density at radius 1 is 1.26 bits per heavy atom. The number of carboxylic acids is 1. The highest BCUT2D eigenvalue weighted by Gasteiger charge is 2.25. The lowest BCUT2D eigenvalue weighted by Crippen LogP contribution is -2.34. The minimum Gasteiger partial charge on any atom is -0.481 e. The van der Waals surface area contributed by atoms with Gasteiger partial charge in [0.05, 0.1) is 5.92 Å². The molecule has 0 saturated heterocycles. The van der Waals surface area contributed by atoms with Crippen LogP contribution in [0.1, 0.15) is 42.4 Å². The number of carbonyl (C=O) groups is 1. The molecule has 0 unspecified atom stereocenters. The number of hydrogen-bond acceptors (Lipinski definition) is 2. The van der Waals surface area contributed by atoms with Gasteiger partial charge in [-0.15, -0.1) is 0 Å². The van der Waals surface area contributed by atoms with Crippen molar-refractivity contribution >= 4 is 5.97 Å². The predicted octanol–water partition coefficient (Wildman–Crippen LogP) is 3.04. The van der Waals surface area contributed by atoms with Gasteiger partial charge < -0.3 is 10.4 Å². The number of benzene rings is 1. The van der Waals surface area contributed by atoms with E-state index < -0.39 is 5.97 Å². The smallest absolute Gasteiger partial charge is 0.306 e. The molecule has 0 spiro atoms. The summed E-state index contributed by atoms with van der Waals surface area (Å²) >= 11 is 0. The summed E-state index contributed by atoms with van der Waals surface area (Å²) < 4.78 is 0. The summed E-state index contributed by atoms with van der Waals surface area (Å²) in [6.45, 7) is 5.13. The molecule has 1 fully saturated rings. The van der Waals surface area contributed by atoms with E-state index in [0.29, 0.717) is 6.04 Å². The number of aryl methyl sites for hydroxylation is 2. The topological polar surface area (TPSA) is 49.3 Å². The lowest BCUT2D eigenvalue weighted by atomic mass is 9.86. The van der Waals surface area contributed by atoms with Gasteiger partial charge in [-0.05, 0) is 50.7 Å². The van der Waals surface area contributed by atoms with Crippen LogP contribution in [0, 0.1) is 19.8 Å². The molecule has 1 saturated carbocycles. The van der Waals surface area contributed by atoms with Crippen molar-refractivity contribution in [1.82, 2.24) is 5.32 Å². The van der Waals surface area contributed by atoms with E-state index in [1.54, 1.807) is 0 Å². The number of rotatable bonds is 4. The zero-order valence-corrected chi connectivity index (χ0v) is 11.8. The monoisotopic (exact) mass is 261 g/mol. The van der Waals surface area contributed by atoms with E-state index in [-0.39, 0.29) is 5.92 Å². The van der Waals surface area contributed by atoms with Crippen LogP contribution < -0.4 is 5.32 Å². The van der Waals surface area contributed by atoms with Crippen molar-refractivity contribution in [3.63, 3.8) is 0 Å². The Balaban J connectivity index is 1.83. The van der Waals surface area contributed by atoms with Crippen molar-refractivity contribution in [2.24, 2.45) is 5.92 Å². The fourth-order valence-electron chi connectivity index (χ4n) is 2.79. The van der Waals surface area contributed by atoms with Gasteiger partial charge in [-0.25, -0.2) is 0 Å². The van der Waals surface area contributed by atoms with Crippen LogP contribution >= 0.6 is 0 Å². The summed E-state index contributed by atoms with van der Waals surface area (Å²) in [5.74, 6) is -0.758. The van der Waals surface area contributed by atoms with Gasteiger partial charge in [-0.1, -0.05) is 23.8 Å². The first-order valence-corrected chi connectivity index (χ1v) is 7.08. The Bertz CT molecular complexity index is 448. The van der Waals surface area contributed by atoms with Crippen LogP contribution in [-0.2, 0) is 11.3 Å². The zero-order chi connectivity index (χ0) is 13.8. The second kappa shape index (κ2) is 6.20. The summed E-state index contributed by atoms with van der Waals surface area (Å²) in [4.78, 5) is 10.9. The van der Waals surface area contributed by atoms with Crippen LogP contribution in [0.2, 0.25) is 0 Å². The number of carboxylic acid groups (broad SMARTS) is 1. The Hall–Kier alpha value is -1.35. The van der Waals surface area contributed by atoms with Gasteiger partial charge >= 0.3 is 5.97 Å². The molecule has 0 aromatic heterocycles. The van der Waals surface area contributed by atoms with Gasteiger partial charge in [-0.3, -0.25) is 4.79 Å². The zero-order valence-electron chi connectivity index (χ0n) is 11.8. The lowest BCUT2D eigenvalue weighted by molar-refractivity contribution is -0.142. The van der Waals surface area contributed by atoms with E-state index in [2.05, 4.69) is 37.4 Å². The molecular formula is C16H23NO2. The summed E-state index contributed by atoms with van der Waals surface area (Å²) in [5, 5.41) is 12.6. The summed E-state index contributed by atoms with van der Waals surface area (Å²) in [7, 11) is 0. The average molecular weight is 261 g/mol. The van der Waals surface area contributed by atoms with Crippen LogP contribution in [0.4, 0.5) is 0 Å². The van der Waals surface area contributed by atoms with Gasteiger partial charge in [0, 0.05) is 12.6 Å². The highest BCUT2D eigenvalue weighted by molar-refractivity contribution is 5.70. The predicted molar refractivity (Wildman–Crippen MR) is 76.1 cm³/mol. The third-order valence-electron chi connectivity index (χ3n) is 4.16. The molecule has 0 amide bonds. The Morgan fingerprint density at radius 2 is 1.95 bits per heavy atom. The van der Waals surface area contributed by atoms with Crippen molar-refractivity contribution in [2.45, 2.75) is 52.1 Å². The molecule has 3 nitrogen and oxygen atoms in total. The van der Waals surface area contributed by atoms with Crippen molar-refractivity contribution < 1.29 is 9.90 Å². The molecule has 0 atom stereocenters. The molecule has 2 rings (SSSR count). The Labute approximate surface area is 115 Å². The lowest BCUT2D eigenvalue weighted by Gasteiger charge is -2.27. The molecule has 1 aliphatic rings. The van der Waals surface area contributed by atoms with Crippen molar-refractivity contribution in [3.05, 3.63) is 34.9 Å². The molecule has 0 heterocycles. The first-order chi connectivity index (χ1) is 9.06. The molecular weight excluding hydrogens is 238 g/mol. The SMILES string of the molecule is Cc1ccc(C)c(CNC2CCC(C(=O)O)CC2)c1. The first-order valence-electron chi connectivity index (χ1n) is 7.08. The number of aliphatic carboxylic acids is 1. The molecule has 1 aliphatic carbocycles. The van der Waals surface area contributed by atoms with E-state index >= 15 is 0 Å². The van der Waals surface area contributed by atoms with Crippen LogP contribution in [0.5, 0.6) is 0 Å². The fraction of sp³-hybridized carbons (Fsp3) is 0.562. The number of nitrogens with one attached hydrogen (secondary N) is 1. The maximum absolute atomic E-state index is 10.9. The minimum absolute atomic E-state index is 0.126. The Kier molecular flexibility index (Phi) is 4.59. The van der Waals surface area contributed by atoms with Gasteiger partial charge in [0.2, 0.25) is 0 Å². The van der Waals surface area contributed by atoms with Crippen LogP contribution in [0.25, 0.3) is 0 Å². The highest BCUT2D eigenvalue weighted by Crippen LogP contribution is 2.24. The van der Waals surface area contributed by atoms with Crippen molar-refractivity contribution in [3.8, 4) is 0 Å². The molecule has 19 heavy (non-hydrogen) atoms. The highest BCUT2D eigenvalue weighted by atomic mass is 16.4. The molecule has 1 aromatic carbocycles.